The lowest BCUT2D eigenvalue weighted by molar-refractivity contribution is 0.218. The molecular weight excluding hydrogens is 222 g/mol. The number of para-hydroxylation sites is 1. The average molecular weight is 235 g/mol. The monoisotopic (exact) mass is 235 g/mol. The van der Waals surface area contributed by atoms with Crippen molar-refractivity contribution in [3.8, 4) is 5.75 Å². The Kier molecular flexibility index (Phi) is 3.22. The van der Waals surface area contributed by atoms with Gasteiger partial charge in [0.1, 0.15) is 11.9 Å². The van der Waals surface area contributed by atoms with Crippen LogP contribution in [0.25, 0.3) is 0 Å². The van der Waals surface area contributed by atoms with E-state index < -0.39 is 6.10 Å². The van der Waals surface area contributed by atoms with Crippen LogP contribution in [0.4, 0.5) is 0 Å². The molecule has 3 nitrogen and oxygen atoms in total. The molecule has 0 fully saturated rings. The highest BCUT2D eigenvalue weighted by Gasteiger charge is 2.16. The van der Waals surface area contributed by atoms with Crippen LogP contribution in [-0.4, -0.2) is 17.2 Å². The number of hydrogen-bond donors (Lipinski definition) is 1. The topological polar surface area (TPSA) is 42.4 Å². The van der Waals surface area contributed by atoms with E-state index in [4.69, 9.17) is 4.74 Å². The quantitative estimate of drug-likeness (QED) is 0.889. The first kappa shape index (κ1) is 11.1. The molecule has 0 saturated heterocycles. The molecule has 1 unspecified atom stereocenters. The van der Waals surface area contributed by atoms with Gasteiger partial charge in [-0.1, -0.05) is 18.2 Å². The van der Waals surface area contributed by atoms with Crippen LogP contribution < -0.4 is 4.74 Å². The van der Waals surface area contributed by atoms with Gasteiger partial charge in [0.2, 0.25) is 0 Å². The second kappa shape index (κ2) is 4.63. The average Bonchev–Trinajstić information content (AvgIpc) is 2.75. The number of aliphatic hydroxyl groups is 1. The number of rotatable bonds is 3. The smallest absolute Gasteiger partial charge is 0.125 e. The van der Waals surface area contributed by atoms with Gasteiger partial charge in [-0.15, -0.1) is 11.3 Å². The number of aryl methyl sites for hydroxylation is 1. The Bertz CT molecular complexity index is 481. The second-order valence-corrected chi connectivity index (χ2v) is 4.69. The van der Waals surface area contributed by atoms with Crippen molar-refractivity contribution in [2.24, 2.45) is 0 Å². The Labute approximate surface area is 98.4 Å². The molecule has 0 aliphatic rings. The summed E-state index contributed by atoms with van der Waals surface area (Å²) in [4.78, 5) is 4.97. The summed E-state index contributed by atoms with van der Waals surface area (Å²) in [7, 11) is 1.60. The first-order valence-corrected chi connectivity index (χ1v) is 5.77. The minimum absolute atomic E-state index is 0.664. The Morgan fingerprint density at radius 2 is 2.12 bits per heavy atom. The molecule has 0 spiro atoms. The lowest BCUT2D eigenvalue weighted by Gasteiger charge is -2.12. The Morgan fingerprint density at radius 1 is 1.38 bits per heavy atom. The Balaban J connectivity index is 2.36. The molecule has 0 saturated carbocycles. The van der Waals surface area contributed by atoms with Crippen LogP contribution in [0.2, 0.25) is 0 Å². The van der Waals surface area contributed by atoms with Gasteiger partial charge in [-0.3, -0.25) is 0 Å². The van der Waals surface area contributed by atoms with E-state index in [0.29, 0.717) is 5.75 Å². The minimum atomic E-state index is -0.664. The number of benzene rings is 1. The van der Waals surface area contributed by atoms with E-state index in [-0.39, 0.29) is 0 Å². The van der Waals surface area contributed by atoms with Crippen molar-refractivity contribution in [2.45, 2.75) is 13.0 Å². The molecule has 0 radical (unpaired) electrons. The van der Waals surface area contributed by atoms with E-state index >= 15 is 0 Å². The Hall–Kier alpha value is -1.39. The number of aromatic nitrogens is 1. The van der Waals surface area contributed by atoms with Gasteiger partial charge >= 0.3 is 0 Å². The van der Waals surface area contributed by atoms with Crippen molar-refractivity contribution in [1.82, 2.24) is 4.98 Å². The van der Waals surface area contributed by atoms with E-state index in [2.05, 4.69) is 4.98 Å². The molecule has 0 bridgehead atoms. The number of ether oxygens (including phenoxy) is 1. The molecule has 0 aliphatic heterocycles. The van der Waals surface area contributed by atoms with Crippen molar-refractivity contribution in [1.29, 1.82) is 0 Å². The summed E-state index contributed by atoms with van der Waals surface area (Å²) in [5.74, 6) is 0.695. The number of nitrogens with zero attached hydrogens (tertiary/aromatic N) is 1. The summed E-state index contributed by atoms with van der Waals surface area (Å²) < 4.78 is 5.22. The lowest BCUT2D eigenvalue weighted by atomic mass is 10.1. The molecule has 2 aromatic rings. The minimum Gasteiger partial charge on any atom is -0.496 e. The summed E-state index contributed by atoms with van der Waals surface area (Å²) in [5, 5.41) is 11.2. The van der Waals surface area contributed by atoms with Crippen LogP contribution in [0.3, 0.4) is 0 Å². The summed E-state index contributed by atoms with van der Waals surface area (Å²) in [6.07, 6.45) is 1.04. The summed E-state index contributed by atoms with van der Waals surface area (Å²) in [6.45, 7) is 1.92. The fraction of sp³-hybridized carbons (Fsp3) is 0.250. The van der Waals surface area contributed by atoms with Crippen molar-refractivity contribution in [3.63, 3.8) is 0 Å². The van der Waals surface area contributed by atoms with Crippen LogP contribution in [-0.2, 0) is 0 Å². The van der Waals surface area contributed by atoms with E-state index in [1.54, 1.807) is 13.3 Å². The zero-order valence-electron chi connectivity index (χ0n) is 9.18. The first-order chi connectivity index (χ1) is 7.72. The summed E-state index contributed by atoms with van der Waals surface area (Å²) in [5.41, 5.74) is 0.772. The molecule has 0 aliphatic carbocycles. The highest BCUT2D eigenvalue weighted by atomic mass is 32.1. The van der Waals surface area contributed by atoms with Gasteiger partial charge < -0.3 is 9.84 Å². The maximum Gasteiger partial charge on any atom is 0.125 e. The van der Waals surface area contributed by atoms with Gasteiger partial charge in [0, 0.05) is 11.8 Å². The van der Waals surface area contributed by atoms with Gasteiger partial charge in [-0.2, -0.15) is 0 Å². The molecule has 1 heterocycles. The van der Waals surface area contributed by atoms with Gasteiger partial charge in [0.25, 0.3) is 0 Å². The Morgan fingerprint density at radius 3 is 2.75 bits per heavy atom. The predicted octanol–water partition coefficient (Wildman–Crippen LogP) is 2.54. The highest BCUT2D eigenvalue weighted by molar-refractivity contribution is 7.11. The summed E-state index contributed by atoms with van der Waals surface area (Å²) in [6, 6.07) is 7.47. The molecule has 2 rings (SSSR count). The van der Waals surface area contributed by atoms with Gasteiger partial charge in [0.05, 0.1) is 17.0 Å². The highest BCUT2D eigenvalue weighted by Crippen LogP contribution is 2.32. The summed E-state index contributed by atoms with van der Waals surface area (Å²) >= 11 is 1.49. The fourth-order valence-corrected chi connectivity index (χ4v) is 2.34. The van der Waals surface area contributed by atoms with Crippen LogP contribution >= 0.6 is 11.3 Å². The SMILES string of the molecule is COc1ccccc1C(O)c1cnc(C)s1. The first-order valence-electron chi connectivity index (χ1n) is 4.95. The number of aliphatic hydroxyl groups excluding tert-OH is 1. The predicted molar refractivity (Wildman–Crippen MR) is 63.9 cm³/mol. The fourth-order valence-electron chi connectivity index (χ4n) is 1.55. The van der Waals surface area contributed by atoms with Crippen LogP contribution in [0, 0.1) is 6.92 Å². The molecular formula is C12H13NO2S. The van der Waals surface area contributed by atoms with Crippen molar-refractivity contribution in [2.75, 3.05) is 7.11 Å². The number of hydrogen-bond acceptors (Lipinski definition) is 4. The molecule has 1 atom stereocenters. The molecule has 1 aromatic heterocycles. The molecule has 4 heteroatoms. The van der Waals surface area contributed by atoms with E-state index in [1.165, 1.54) is 11.3 Å². The van der Waals surface area contributed by atoms with Crippen molar-refractivity contribution in [3.05, 3.63) is 45.9 Å². The van der Waals surface area contributed by atoms with Gasteiger partial charge in [0.15, 0.2) is 0 Å². The maximum absolute atomic E-state index is 10.2. The molecule has 16 heavy (non-hydrogen) atoms. The molecule has 1 aromatic carbocycles. The number of thiazole rings is 1. The third kappa shape index (κ3) is 2.08. The lowest BCUT2D eigenvalue weighted by Crippen LogP contribution is -2.00. The molecule has 0 amide bonds. The zero-order valence-corrected chi connectivity index (χ0v) is 9.99. The normalized spacial score (nSPS) is 12.4. The van der Waals surface area contributed by atoms with Crippen molar-refractivity contribution < 1.29 is 9.84 Å². The second-order valence-electron chi connectivity index (χ2n) is 3.43. The third-order valence-corrected chi connectivity index (χ3v) is 3.31. The van der Waals surface area contributed by atoms with Gasteiger partial charge in [-0.25, -0.2) is 4.98 Å². The number of methoxy groups -OCH3 is 1. The van der Waals surface area contributed by atoms with E-state index in [9.17, 15) is 5.11 Å². The van der Waals surface area contributed by atoms with Crippen molar-refractivity contribution >= 4 is 11.3 Å². The largest absolute Gasteiger partial charge is 0.496 e. The van der Waals surface area contributed by atoms with Gasteiger partial charge in [-0.05, 0) is 13.0 Å². The van der Waals surface area contributed by atoms with Crippen LogP contribution in [0.15, 0.2) is 30.5 Å². The van der Waals surface area contributed by atoms with E-state index in [1.807, 2.05) is 31.2 Å². The third-order valence-electron chi connectivity index (χ3n) is 2.34. The van der Waals surface area contributed by atoms with Crippen LogP contribution in [0.5, 0.6) is 5.75 Å². The van der Waals surface area contributed by atoms with E-state index in [0.717, 1.165) is 15.4 Å². The zero-order chi connectivity index (χ0) is 11.5. The molecule has 1 N–H and O–H groups in total. The maximum atomic E-state index is 10.2. The standard InChI is InChI=1S/C12H13NO2S/c1-8-13-7-11(16-8)12(14)9-5-3-4-6-10(9)15-2/h3-7,12,14H,1-2H3. The molecule has 84 valence electrons. The van der Waals surface area contributed by atoms with Crippen LogP contribution in [0.1, 0.15) is 21.6 Å².